The van der Waals surface area contributed by atoms with Crippen LogP contribution in [0.25, 0.3) is 0 Å². The maximum atomic E-state index is 12.6. The van der Waals surface area contributed by atoms with Gasteiger partial charge in [-0.05, 0) is 39.3 Å². The fraction of sp³-hybridized carbons (Fsp3) is 0.643. The number of hydrogen-bond acceptors (Lipinski definition) is 6. The number of piperidine rings is 1. The normalized spacial score (nSPS) is 17.6. The van der Waals surface area contributed by atoms with Gasteiger partial charge in [0.15, 0.2) is 0 Å². The van der Waals surface area contributed by atoms with E-state index in [1.807, 2.05) is 7.05 Å². The molecule has 1 fully saturated rings. The van der Waals surface area contributed by atoms with E-state index in [4.69, 9.17) is 4.42 Å². The molecule has 1 aliphatic rings. The Kier molecular flexibility index (Phi) is 5.25. The van der Waals surface area contributed by atoms with Gasteiger partial charge in [0.2, 0.25) is 5.09 Å². The van der Waals surface area contributed by atoms with Crippen LogP contribution in [0.5, 0.6) is 0 Å². The fourth-order valence-electron chi connectivity index (χ4n) is 2.66. The number of carbonyl (C=O) groups is 1. The average Bonchev–Trinajstić information content (AvgIpc) is 2.90. The van der Waals surface area contributed by atoms with E-state index in [-0.39, 0.29) is 16.4 Å². The highest BCUT2D eigenvalue weighted by atomic mass is 32.2. The average molecular weight is 330 g/mol. The topological polar surface area (TPSA) is 88.9 Å². The number of nitrogens with one attached hydrogen (secondary N) is 1. The number of rotatable bonds is 5. The Morgan fingerprint density at radius 2 is 2.09 bits per heavy atom. The maximum Gasteiger partial charge on any atom is 0.341 e. The molecule has 1 N–H and O–H groups in total. The summed E-state index contributed by atoms with van der Waals surface area (Å²) in [6.45, 7) is 3.36. The van der Waals surface area contributed by atoms with Gasteiger partial charge < -0.3 is 14.5 Å². The van der Waals surface area contributed by atoms with Gasteiger partial charge in [-0.15, -0.1) is 0 Å². The molecule has 2 heterocycles. The van der Waals surface area contributed by atoms with Crippen LogP contribution in [0.1, 0.15) is 29.0 Å². The van der Waals surface area contributed by atoms with Crippen molar-refractivity contribution in [3.05, 3.63) is 17.4 Å². The van der Waals surface area contributed by atoms with E-state index in [0.29, 0.717) is 19.0 Å². The van der Waals surface area contributed by atoms with Crippen molar-refractivity contribution in [3.63, 3.8) is 0 Å². The third-order valence-electron chi connectivity index (χ3n) is 3.96. The Labute approximate surface area is 130 Å². The van der Waals surface area contributed by atoms with Crippen LogP contribution < -0.4 is 5.32 Å². The first-order valence-electron chi connectivity index (χ1n) is 7.23. The first kappa shape index (κ1) is 17.0. The molecule has 1 aromatic rings. The van der Waals surface area contributed by atoms with E-state index in [9.17, 15) is 13.2 Å². The molecule has 124 valence electrons. The lowest BCUT2D eigenvalue weighted by Crippen LogP contribution is -2.40. The molecule has 0 radical (unpaired) electrons. The van der Waals surface area contributed by atoms with Crippen molar-refractivity contribution in [2.75, 3.05) is 33.8 Å². The van der Waals surface area contributed by atoms with Crippen LogP contribution >= 0.6 is 0 Å². The minimum atomic E-state index is -3.71. The summed E-state index contributed by atoms with van der Waals surface area (Å²) in [5.41, 5.74) is 0.145. The van der Waals surface area contributed by atoms with E-state index in [1.165, 1.54) is 17.5 Å². The van der Waals surface area contributed by atoms with Gasteiger partial charge in [-0.1, -0.05) is 0 Å². The summed E-state index contributed by atoms with van der Waals surface area (Å²) in [4.78, 5) is 11.6. The molecule has 1 saturated heterocycles. The standard InChI is InChI=1S/C14H22N2O5S/c1-10-12(14(17)20-3)8-13(21-10)22(18,19)16-6-4-11(5-7-16)9-15-2/h8,11,15H,4-7,9H2,1-3H3. The summed E-state index contributed by atoms with van der Waals surface area (Å²) in [7, 11) is -0.568. The molecule has 7 nitrogen and oxygen atoms in total. The second kappa shape index (κ2) is 6.80. The zero-order chi connectivity index (χ0) is 16.3. The largest absolute Gasteiger partial charge is 0.465 e. The molecule has 0 atom stereocenters. The lowest BCUT2D eigenvalue weighted by molar-refractivity contribution is 0.0599. The molecule has 8 heteroatoms. The molecule has 0 unspecified atom stereocenters. The van der Waals surface area contributed by atoms with Gasteiger partial charge in [-0.25, -0.2) is 13.2 Å². The summed E-state index contributed by atoms with van der Waals surface area (Å²) in [6.07, 6.45) is 1.62. The van der Waals surface area contributed by atoms with Crippen LogP contribution in [-0.4, -0.2) is 52.5 Å². The van der Waals surface area contributed by atoms with Crippen molar-refractivity contribution < 1.29 is 22.4 Å². The zero-order valence-corrected chi connectivity index (χ0v) is 13.9. The number of methoxy groups -OCH3 is 1. The predicted octanol–water partition coefficient (Wildman–Crippen LogP) is 0.995. The molecule has 0 spiro atoms. The highest BCUT2D eigenvalue weighted by molar-refractivity contribution is 7.89. The number of nitrogens with zero attached hydrogens (tertiary/aromatic N) is 1. The molecular weight excluding hydrogens is 308 g/mol. The lowest BCUT2D eigenvalue weighted by Gasteiger charge is -2.30. The third kappa shape index (κ3) is 3.34. The number of furan rings is 1. The minimum absolute atomic E-state index is 0.145. The van der Waals surface area contributed by atoms with Gasteiger partial charge in [0.1, 0.15) is 11.3 Å². The number of carbonyl (C=O) groups excluding carboxylic acids is 1. The lowest BCUT2D eigenvalue weighted by atomic mass is 9.98. The maximum absolute atomic E-state index is 12.6. The van der Waals surface area contributed by atoms with Crippen molar-refractivity contribution in [1.82, 2.24) is 9.62 Å². The summed E-state index contributed by atoms with van der Waals surface area (Å²) in [6, 6.07) is 1.25. The first-order valence-corrected chi connectivity index (χ1v) is 8.67. The SMILES string of the molecule is CNCC1CCN(S(=O)(=O)c2cc(C(=O)OC)c(C)o2)CC1. The second-order valence-corrected chi connectivity index (χ2v) is 7.30. The number of hydrogen-bond donors (Lipinski definition) is 1. The molecule has 0 saturated carbocycles. The predicted molar refractivity (Wildman–Crippen MR) is 80.2 cm³/mol. The van der Waals surface area contributed by atoms with Crippen LogP contribution in [0, 0.1) is 12.8 Å². The minimum Gasteiger partial charge on any atom is -0.465 e. The summed E-state index contributed by atoms with van der Waals surface area (Å²) >= 11 is 0. The van der Waals surface area contributed by atoms with Crippen molar-refractivity contribution in [2.45, 2.75) is 24.9 Å². The van der Waals surface area contributed by atoms with Gasteiger partial charge >= 0.3 is 5.97 Å². The van der Waals surface area contributed by atoms with E-state index in [0.717, 1.165) is 19.4 Å². The third-order valence-corrected chi connectivity index (χ3v) is 5.72. The molecule has 0 bridgehead atoms. The Morgan fingerprint density at radius 3 is 2.64 bits per heavy atom. The van der Waals surface area contributed by atoms with Gasteiger partial charge in [0, 0.05) is 19.2 Å². The molecule has 0 aliphatic carbocycles. The van der Waals surface area contributed by atoms with E-state index in [1.54, 1.807) is 6.92 Å². The van der Waals surface area contributed by atoms with Crippen molar-refractivity contribution in [1.29, 1.82) is 0 Å². The molecule has 1 aromatic heterocycles. The van der Waals surface area contributed by atoms with Crippen LogP contribution in [0.15, 0.2) is 15.6 Å². The Hall–Kier alpha value is -1.38. The fourth-order valence-corrected chi connectivity index (χ4v) is 4.11. The molecule has 2 rings (SSSR count). The Morgan fingerprint density at radius 1 is 1.45 bits per heavy atom. The van der Waals surface area contributed by atoms with E-state index < -0.39 is 16.0 Å². The Bertz CT molecular complexity index is 630. The monoisotopic (exact) mass is 330 g/mol. The van der Waals surface area contributed by atoms with Crippen LogP contribution in [0.2, 0.25) is 0 Å². The van der Waals surface area contributed by atoms with Gasteiger partial charge in [-0.2, -0.15) is 4.31 Å². The summed E-state index contributed by atoms with van der Waals surface area (Å²) in [5, 5.41) is 2.92. The first-order chi connectivity index (χ1) is 10.4. The Balaban J connectivity index is 2.16. The zero-order valence-electron chi connectivity index (χ0n) is 13.1. The van der Waals surface area contributed by atoms with Crippen molar-refractivity contribution in [2.24, 2.45) is 5.92 Å². The highest BCUT2D eigenvalue weighted by Crippen LogP contribution is 2.26. The quantitative estimate of drug-likeness (QED) is 0.810. The highest BCUT2D eigenvalue weighted by Gasteiger charge is 2.33. The molecule has 22 heavy (non-hydrogen) atoms. The number of sulfonamides is 1. The summed E-state index contributed by atoms with van der Waals surface area (Å²) in [5.74, 6) is 0.131. The van der Waals surface area contributed by atoms with Gasteiger partial charge in [0.25, 0.3) is 10.0 Å². The van der Waals surface area contributed by atoms with E-state index in [2.05, 4.69) is 10.1 Å². The molecular formula is C14H22N2O5S. The number of aryl methyl sites for hydroxylation is 1. The molecule has 0 amide bonds. The van der Waals surface area contributed by atoms with Crippen LogP contribution in [0.3, 0.4) is 0 Å². The number of ether oxygens (including phenoxy) is 1. The van der Waals surface area contributed by atoms with Crippen molar-refractivity contribution in [3.8, 4) is 0 Å². The van der Waals surface area contributed by atoms with Crippen LogP contribution in [-0.2, 0) is 14.8 Å². The number of esters is 1. The second-order valence-electron chi connectivity index (χ2n) is 5.43. The smallest absolute Gasteiger partial charge is 0.341 e. The molecule has 0 aromatic carbocycles. The van der Waals surface area contributed by atoms with Gasteiger partial charge in [-0.3, -0.25) is 0 Å². The van der Waals surface area contributed by atoms with Crippen molar-refractivity contribution >= 4 is 16.0 Å². The van der Waals surface area contributed by atoms with Crippen LogP contribution in [0.4, 0.5) is 0 Å². The molecule has 1 aliphatic heterocycles. The summed E-state index contributed by atoms with van der Waals surface area (Å²) < 4.78 is 36.5. The van der Waals surface area contributed by atoms with E-state index >= 15 is 0 Å². The van der Waals surface area contributed by atoms with Gasteiger partial charge in [0.05, 0.1) is 7.11 Å².